The van der Waals surface area contributed by atoms with Crippen LogP contribution in [0, 0.1) is 0 Å². The minimum absolute atomic E-state index is 0.0836. The Balaban J connectivity index is 2.14. The first kappa shape index (κ1) is 14.1. The zero-order chi connectivity index (χ0) is 13.9. The highest BCUT2D eigenvalue weighted by atomic mass is 16.2. The number of nitrogens with one attached hydrogen (secondary N) is 1. The molecule has 104 valence electrons. The lowest BCUT2D eigenvalue weighted by atomic mass is 9.82. The number of hydrogen-bond donors (Lipinski definition) is 2. The number of para-hydroxylation sites is 1. The van der Waals surface area contributed by atoms with Gasteiger partial charge in [-0.1, -0.05) is 38.5 Å². The first-order chi connectivity index (χ1) is 9.03. The van der Waals surface area contributed by atoms with E-state index >= 15 is 0 Å². The van der Waals surface area contributed by atoms with Crippen molar-refractivity contribution >= 4 is 11.6 Å². The summed E-state index contributed by atoms with van der Waals surface area (Å²) >= 11 is 0. The topological polar surface area (TPSA) is 56.7 Å². The van der Waals surface area contributed by atoms with E-state index in [1.807, 2.05) is 18.2 Å². The van der Waals surface area contributed by atoms with Crippen molar-refractivity contribution in [1.82, 2.24) is 0 Å². The van der Waals surface area contributed by atoms with Crippen LogP contribution in [0.2, 0.25) is 0 Å². The molecule has 0 bridgehead atoms. The van der Waals surface area contributed by atoms with Crippen LogP contribution in [0.25, 0.3) is 0 Å². The molecule has 3 heteroatoms. The SMILES string of the molecule is CC(C)c1ccccc1NC(=O)C1([NH3+])CCCCC1. The normalized spacial score (nSPS) is 18.3. The van der Waals surface area contributed by atoms with Crippen molar-refractivity contribution in [2.75, 3.05) is 5.32 Å². The summed E-state index contributed by atoms with van der Waals surface area (Å²) in [5.74, 6) is 0.490. The zero-order valence-corrected chi connectivity index (χ0v) is 12.0. The van der Waals surface area contributed by atoms with Gasteiger partial charge < -0.3 is 11.1 Å². The highest BCUT2D eigenvalue weighted by molar-refractivity contribution is 5.97. The van der Waals surface area contributed by atoms with Crippen LogP contribution in [-0.4, -0.2) is 11.4 Å². The standard InChI is InChI=1S/C16H24N2O/c1-12(2)13-8-4-5-9-14(13)18-15(19)16(17)10-6-3-7-11-16/h4-5,8-9,12H,3,6-7,10-11,17H2,1-2H3,(H,18,19)/p+1. The fraction of sp³-hybridized carbons (Fsp3) is 0.562. The number of quaternary nitrogens is 1. The summed E-state index contributed by atoms with van der Waals surface area (Å²) in [6.07, 6.45) is 5.27. The molecule has 1 saturated carbocycles. The number of anilines is 1. The van der Waals surface area contributed by atoms with Crippen LogP contribution in [-0.2, 0) is 4.79 Å². The maximum absolute atomic E-state index is 12.5. The summed E-state index contributed by atoms with van der Waals surface area (Å²) in [5.41, 5.74) is 5.89. The Bertz CT molecular complexity index is 448. The molecule has 1 aliphatic carbocycles. The van der Waals surface area contributed by atoms with Gasteiger partial charge in [0, 0.05) is 18.5 Å². The summed E-state index contributed by atoms with van der Waals surface area (Å²) in [6, 6.07) is 8.06. The van der Waals surface area contributed by atoms with Crippen molar-refractivity contribution in [2.45, 2.75) is 57.4 Å². The van der Waals surface area contributed by atoms with Gasteiger partial charge in [0.05, 0.1) is 0 Å². The van der Waals surface area contributed by atoms with Gasteiger partial charge in [0.2, 0.25) is 0 Å². The van der Waals surface area contributed by atoms with Crippen LogP contribution in [0.3, 0.4) is 0 Å². The lowest BCUT2D eigenvalue weighted by Gasteiger charge is -2.29. The predicted molar refractivity (Wildman–Crippen MR) is 77.9 cm³/mol. The van der Waals surface area contributed by atoms with Crippen molar-refractivity contribution in [3.63, 3.8) is 0 Å². The van der Waals surface area contributed by atoms with Gasteiger partial charge in [-0.15, -0.1) is 0 Å². The van der Waals surface area contributed by atoms with Crippen molar-refractivity contribution in [3.05, 3.63) is 29.8 Å². The predicted octanol–water partition coefficient (Wildman–Crippen LogP) is 2.69. The number of rotatable bonds is 3. The van der Waals surface area contributed by atoms with E-state index in [1.54, 1.807) is 0 Å². The highest BCUT2D eigenvalue weighted by Crippen LogP contribution is 2.28. The Morgan fingerprint density at radius 2 is 1.84 bits per heavy atom. The zero-order valence-electron chi connectivity index (χ0n) is 12.0. The molecular weight excluding hydrogens is 236 g/mol. The molecule has 1 aromatic rings. The van der Waals surface area contributed by atoms with Gasteiger partial charge in [0.25, 0.3) is 5.91 Å². The fourth-order valence-corrected chi connectivity index (χ4v) is 2.82. The average molecular weight is 261 g/mol. The molecule has 0 heterocycles. The van der Waals surface area contributed by atoms with Crippen LogP contribution in [0.4, 0.5) is 5.69 Å². The van der Waals surface area contributed by atoms with Crippen LogP contribution < -0.4 is 11.1 Å². The van der Waals surface area contributed by atoms with Gasteiger partial charge in [-0.25, -0.2) is 0 Å². The van der Waals surface area contributed by atoms with Gasteiger partial charge >= 0.3 is 0 Å². The smallest absolute Gasteiger partial charge is 0.285 e. The first-order valence-corrected chi connectivity index (χ1v) is 7.29. The maximum Gasteiger partial charge on any atom is 0.285 e. The molecule has 0 radical (unpaired) electrons. The minimum atomic E-state index is -0.428. The summed E-state index contributed by atoms with van der Waals surface area (Å²) in [7, 11) is 0. The van der Waals surface area contributed by atoms with E-state index < -0.39 is 5.54 Å². The second-order valence-corrected chi connectivity index (χ2v) is 6.04. The molecule has 3 nitrogen and oxygen atoms in total. The number of hydrogen-bond acceptors (Lipinski definition) is 1. The molecule has 1 aliphatic rings. The van der Waals surface area contributed by atoms with Gasteiger partial charge in [0.1, 0.15) is 0 Å². The molecule has 19 heavy (non-hydrogen) atoms. The van der Waals surface area contributed by atoms with E-state index in [4.69, 9.17) is 0 Å². The Morgan fingerprint density at radius 3 is 2.47 bits per heavy atom. The lowest BCUT2D eigenvalue weighted by Crippen LogP contribution is -2.78. The van der Waals surface area contributed by atoms with Gasteiger partial charge in [-0.05, 0) is 30.4 Å². The van der Waals surface area contributed by atoms with Crippen LogP contribution in [0.5, 0.6) is 0 Å². The quantitative estimate of drug-likeness (QED) is 0.863. The van der Waals surface area contributed by atoms with Crippen molar-refractivity contribution in [3.8, 4) is 0 Å². The fourth-order valence-electron chi connectivity index (χ4n) is 2.82. The molecule has 1 amide bonds. The molecule has 0 aliphatic heterocycles. The summed E-state index contributed by atoms with van der Waals surface area (Å²) in [5, 5.41) is 3.10. The number of carbonyl (C=O) groups is 1. The van der Waals surface area contributed by atoms with Crippen molar-refractivity contribution in [1.29, 1.82) is 0 Å². The van der Waals surface area contributed by atoms with E-state index in [9.17, 15) is 4.79 Å². The third kappa shape index (κ3) is 3.16. The number of carbonyl (C=O) groups excluding carboxylic acids is 1. The molecule has 4 N–H and O–H groups in total. The monoisotopic (exact) mass is 261 g/mol. The summed E-state index contributed by atoms with van der Waals surface area (Å²) < 4.78 is 0. The molecule has 2 rings (SSSR count). The third-order valence-corrected chi connectivity index (χ3v) is 4.12. The molecule has 1 aromatic carbocycles. The van der Waals surface area contributed by atoms with Crippen LogP contribution in [0.1, 0.15) is 57.4 Å². The molecule has 0 atom stereocenters. The minimum Gasteiger partial charge on any atom is -0.345 e. The Labute approximate surface area is 115 Å². The Morgan fingerprint density at radius 1 is 1.21 bits per heavy atom. The number of amides is 1. The van der Waals surface area contributed by atoms with Gasteiger partial charge in [0.15, 0.2) is 5.54 Å². The third-order valence-electron chi connectivity index (χ3n) is 4.12. The number of benzene rings is 1. The van der Waals surface area contributed by atoms with Crippen LogP contribution in [0.15, 0.2) is 24.3 Å². The largest absolute Gasteiger partial charge is 0.345 e. The maximum atomic E-state index is 12.5. The molecule has 0 spiro atoms. The van der Waals surface area contributed by atoms with E-state index in [1.165, 1.54) is 12.0 Å². The lowest BCUT2D eigenvalue weighted by molar-refractivity contribution is -0.463. The van der Waals surface area contributed by atoms with Crippen molar-refractivity contribution in [2.24, 2.45) is 0 Å². The van der Waals surface area contributed by atoms with E-state index in [0.29, 0.717) is 5.92 Å². The Hall–Kier alpha value is -1.35. The highest BCUT2D eigenvalue weighted by Gasteiger charge is 2.39. The first-order valence-electron chi connectivity index (χ1n) is 7.29. The molecule has 0 unspecified atom stereocenters. The van der Waals surface area contributed by atoms with E-state index in [-0.39, 0.29) is 5.91 Å². The second kappa shape index (κ2) is 5.74. The second-order valence-electron chi connectivity index (χ2n) is 6.04. The summed E-state index contributed by atoms with van der Waals surface area (Å²) in [6.45, 7) is 4.29. The van der Waals surface area contributed by atoms with E-state index in [2.05, 4.69) is 31.0 Å². The molecular formula is C16H25N2O+. The van der Waals surface area contributed by atoms with Gasteiger partial charge in [-0.2, -0.15) is 0 Å². The molecule has 0 aromatic heterocycles. The molecule has 1 fully saturated rings. The Kier molecular flexibility index (Phi) is 4.25. The van der Waals surface area contributed by atoms with Gasteiger partial charge in [-0.3, -0.25) is 4.79 Å². The van der Waals surface area contributed by atoms with E-state index in [0.717, 1.165) is 31.4 Å². The molecule has 0 saturated heterocycles. The van der Waals surface area contributed by atoms with Crippen LogP contribution >= 0.6 is 0 Å². The van der Waals surface area contributed by atoms with Crippen molar-refractivity contribution < 1.29 is 10.5 Å². The summed E-state index contributed by atoms with van der Waals surface area (Å²) in [4.78, 5) is 12.5. The average Bonchev–Trinajstić information content (AvgIpc) is 2.40.